The summed E-state index contributed by atoms with van der Waals surface area (Å²) < 4.78 is 0. The van der Waals surface area contributed by atoms with Gasteiger partial charge in [0.2, 0.25) is 0 Å². The molecule has 1 heterocycles. The molecule has 0 fully saturated rings. The maximum Gasteiger partial charge on any atom is 0.329 e. The summed E-state index contributed by atoms with van der Waals surface area (Å²) in [5, 5.41) is 10.1. The van der Waals surface area contributed by atoms with Crippen molar-refractivity contribution in [2.24, 2.45) is 0 Å². The average molecular weight is 260 g/mol. The molecular formula is C14H16N2O3. The van der Waals surface area contributed by atoms with Gasteiger partial charge in [0.15, 0.2) is 0 Å². The Morgan fingerprint density at radius 1 is 1.26 bits per heavy atom. The molecule has 0 aliphatic carbocycles. The van der Waals surface area contributed by atoms with E-state index in [4.69, 9.17) is 5.11 Å². The van der Waals surface area contributed by atoms with Crippen LogP contribution < -0.4 is 0 Å². The fraction of sp³-hybridized carbons (Fsp3) is 0.286. The number of carbonyl (C=O) groups is 2. The van der Waals surface area contributed by atoms with Crippen LogP contribution in [-0.2, 0) is 4.79 Å². The number of hydrogen-bond acceptors (Lipinski definition) is 2. The van der Waals surface area contributed by atoms with Crippen molar-refractivity contribution < 1.29 is 14.7 Å². The van der Waals surface area contributed by atoms with E-state index in [1.807, 2.05) is 12.1 Å². The van der Waals surface area contributed by atoms with Crippen molar-refractivity contribution in [2.45, 2.75) is 19.4 Å². The van der Waals surface area contributed by atoms with Crippen LogP contribution in [0.2, 0.25) is 0 Å². The molecule has 1 aromatic carbocycles. The van der Waals surface area contributed by atoms with E-state index in [2.05, 4.69) is 4.98 Å². The van der Waals surface area contributed by atoms with Gasteiger partial charge >= 0.3 is 5.97 Å². The predicted molar refractivity (Wildman–Crippen MR) is 72.1 cm³/mol. The Balaban J connectivity index is 2.35. The molecule has 5 heteroatoms. The number of H-pyrrole nitrogens is 1. The van der Waals surface area contributed by atoms with Gasteiger partial charge in [0.25, 0.3) is 5.91 Å². The van der Waals surface area contributed by atoms with Crippen molar-refractivity contribution >= 4 is 22.8 Å². The molecule has 5 nitrogen and oxygen atoms in total. The SMILES string of the molecule is CN(C(=O)c1ccc2[nH]ccc2c1)C(C)(C)C(=O)O. The molecule has 19 heavy (non-hydrogen) atoms. The van der Waals surface area contributed by atoms with Gasteiger partial charge in [0, 0.05) is 29.7 Å². The number of rotatable bonds is 3. The van der Waals surface area contributed by atoms with Gasteiger partial charge in [-0.05, 0) is 38.1 Å². The van der Waals surface area contributed by atoms with Crippen molar-refractivity contribution in [3.63, 3.8) is 0 Å². The maximum atomic E-state index is 12.3. The fourth-order valence-electron chi connectivity index (χ4n) is 1.78. The average Bonchev–Trinajstić information content (AvgIpc) is 2.83. The predicted octanol–water partition coefficient (Wildman–Crippen LogP) is 2.10. The lowest BCUT2D eigenvalue weighted by Crippen LogP contribution is -2.50. The van der Waals surface area contributed by atoms with E-state index in [0.717, 1.165) is 10.9 Å². The van der Waals surface area contributed by atoms with Gasteiger partial charge in [-0.1, -0.05) is 0 Å². The number of aromatic nitrogens is 1. The largest absolute Gasteiger partial charge is 0.480 e. The highest BCUT2D eigenvalue weighted by atomic mass is 16.4. The summed E-state index contributed by atoms with van der Waals surface area (Å²) in [7, 11) is 1.50. The van der Waals surface area contributed by atoms with E-state index in [9.17, 15) is 9.59 Å². The Labute approximate surface area is 110 Å². The molecule has 1 amide bonds. The number of fused-ring (bicyclic) bond motifs is 1. The summed E-state index contributed by atoms with van der Waals surface area (Å²) in [6.45, 7) is 3.00. The zero-order valence-corrected chi connectivity index (χ0v) is 11.1. The molecule has 0 unspecified atom stereocenters. The number of nitrogens with one attached hydrogen (secondary N) is 1. The highest BCUT2D eigenvalue weighted by molar-refractivity contribution is 6.00. The highest BCUT2D eigenvalue weighted by Gasteiger charge is 2.35. The van der Waals surface area contributed by atoms with Gasteiger partial charge < -0.3 is 15.0 Å². The molecule has 1 aromatic heterocycles. The minimum atomic E-state index is -1.25. The minimum Gasteiger partial charge on any atom is -0.480 e. The number of hydrogen-bond donors (Lipinski definition) is 2. The first kappa shape index (κ1) is 13.1. The number of carbonyl (C=O) groups excluding carboxylic acids is 1. The second kappa shape index (κ2) is 4.42. The van der Waals surface area contributed by atoms with Gasteiger partial charge in [0.05, 0.1) is 0 Å². The summed E-state index contributed by atoms with van der Waals surface area (Å²) in [6.07, 6.45) is 1.80. The topological polar surface area (TPSA) is 73.4 Å². The standard InChI is InChI=1S/C14H16N2O3/c1-14(2,13(18)19)16(3)12(17)10-4-5-11-9(8-10)6-7-15-11/h4-8,15H,1-3H3,(H,18,19). The first-order valence-corrected chi connectivity index (χ1v) is 5.92. The number of benzene rings is 1. The van der Waals surface area contributed by atoms with Crippen molar-refractivity contribution in [1.82, 2.24) is 9.88 Å². The molecule has 0 bridgehead atoms. The number of likely N-dealkylation sites (N-methyl/N-ethyl adjacent to an activating group) is 1. The molecule has 0 saturated heterocycles. The Morgan fingerprint density at radius 2 is 1.95 bits per heavy atom. The van der Waals surface area contributed by atoms with Crippen LogP contribution in [0.1, 0.15) is 24.2 Å². The van der Waals surface area contributed by atoms with Crippen LogP contribution in [-0.4, -0.2) is 39.5 Å². The number of amides is 1. The van der Waals surface area contributed by atoms with Crippen LogP contribution in [0.5, 0.6) is 0 Å². The minimum absolute atomic E-state index is 0.310. The van der Waals surface area contributed by atoms with Crippen LogP contribution in [0.3, 0.4) is 0 Å². The van der Waals surface area contributed by atoms with E-state index in [0.29, 0.717) is 5.56 Å². The maximum absolute atomic E-state index is 12.3. The van der Waals surface area contributed by atoms with E-state index in [-0.39, 0.29) is 5.91 Å². The molecule has 2 N–H and O–H groups in total. The molecule has 0 aliphatic heterocycles. The van der Waals surface area contributed by atoms with Crippen LogP contribution in [0.25, 0.3) is 10.9 Å². The fourth-order valence-corrected chi connectivity index (χ4v) is 1.78. The number of nitrogens with zero attached hydrogens (tertiary/aromatic N) is 1. The summed E-state index contributed by atoms with van der Waals surface area (Å²) in [5.74, 6) is -1.35. The normalized spacial score (nSPS) is 11.5. The Kier molecular flexibility index (Phi) is 3.06. The lowest BCUT2D eigenvalue weighted by atomic mass is 10.0. The van der Waals surface area contributed by atoms with Crippen LogP contribution >= 0.6 is 0 Å². The molecule has 0 radical (unpaired) electrons. The summed E-state index contributed by atoms with van der Waals surface area (Å²) in [6, 6.07) is 7.12. The van der Waals surface area contributed by atoms with Crippen LogP contribution in [0, 0.1) is 0 Å². The lowest BCUT2D eigenvalue weighted by molar-refractivity contribution is -0.147. The molecule has 0 atom stereocenters. The number of carboxylic acids is 1. The van der Waals surface area contributed by atoms with Gasteiger partial charge in [-0.3, -0.25) is 4.79 Å². The van der Waals surface area contributed by atoms with Gasteiger partial charge in [-0.2, -0.15) is 0 Å². The summed E-state index contributed by atoms with van der Waals surface area (Å²) in [4.78, 5) is 27.8. The first-order chi connectivity index (χ1) is 8.84. The molecule has 0 spiro atoms. The van der Waals surface area contributed by atoms with E-state index < -0.39 is 11.5 Å². The Hall–Kier alpha value is -2.30. The van der Waals surface area contributed by atoms with E-state index >= 15 is 0 Å². The Bertz CT molecular complexity index is 643. The molecule has 2 aromatic rings. The molecule has 100 valence electrons. The number of aromatic amines is 1. The molecular weight excluding hydrogens is 244 g/mol. The van der Waals surface area contributed by atoms with Crippen molar-refractivity contribution in [2.75, 3.05) is 7.05 Å². The zero-order chi connectivity index (χ0) is 14.2. The summed E-state index contributed by atoms with van der Waals surface area (Å²) >= 11 is 0. The van der Waals surface area contributed by atoms with Crippen molar-refractivity contribution in [3.8, 4) is 0 Å². The zero-order valence-electron chi connectivity index (χ0n) is 11.1. The lowest BCUT2D eigenvalue weighted by Gasteiger charge is -2.31. The van der Waals surface area contributed by atoms with Crippen LogP contribution in [0.15, 0.2) is 30.5 Å². The summed E-state index contributed by atoms with van der Waals surface area (Å²) in [5.41, 5.74) is 0.171. The third kappa shape index (κ3) is 2.19. The smallest absolute Gasteiger partial charge is 0.329 e. The third-order valence-corrected chi connectivity index (χ3v) is 3.47. The molecule has 0 saturated carbocycles. The van der Waals surface area contributed by atoms with Crippen molar-refractivity contribution in [3.05, 3.63) is 36.0 Å². The van der Waals surface area contributed by atoms with Crippen molar-refractivity contribution in [1.29, 1.82) is 0 Å². The third-order valence-electron chi connectivity index (χ3n) is 3.47. The Morgan fingerprint density at radius 3 is 2.58 bits per heavy atom. The van der Waals surface area contributed by atoms with E-state index in [1.54, 1.807) is 18.3 Å². The number of aliphatic carboxylic acids is 1. The highest BCUT2D eigenvalue weighted by Crippen LogP contribution is 2.19. The molecule has 0 aliphatic rings. The van der Waals surface area contributed by atoms with Gasteiger partial charge in [-0.15, -0.1) is 0 Å². The molecule has 2 rings (SSSR count). The van der Waals surface area contributed by atoms with Gasteiger partial charge in [0.1, 0.15) is 5.54 Å². The van der Waals surface area contributed by atoms with Gasteiger partial charge in [-0.25, -0.2) is 4.79 Å². The number of carboxylic acid groups (broad SMARTS) is 1. The second-order valence-corrected chi connectivity index (χ2v) is 5.01. The first-order valence-electron chi connectivity index (χ1n) is 5.92. The monoisotopic (exact) mass is 260 g/mol. The van der Waals surface area contributed by atoms with Crippen LogP contribution in [0.4, 0.5) is 0 Å². The second-order valence-electron chi connectivity index (χ2n) is 5.01. The quantitative estimate of drug-likeness (QED) is 0.887. The van der Waals surface area contributed by atoms with E-state index in [1.165, 1.54) is 25.8 Å².